The van der Waals surface area contributed by atoms with Gasteiger partial charge in [-0.05, 0) is 51.4 Å². The molecule has 0 bridgehead atoms. The molecular weight excluding hydrogens is 568 g/mol. The lowest BCUT2D eigenvalue weighted by molar-refractivity contribution is -0.141. The molecule has 0 aromatic rings. The predicted molar refractivity (Wildman–Crippen MR) is 181 cm³/mol. The second kappa shape index (κ2) is 25.6. The Kier molecular flexibility index (Phi) is 22.6. The van der Waals surface area contributed by atoms with Gasteiger partial charge in [0.2, 0.25) is 0 Å². The number of carbonyl (C=O) groups is 2. The largest absolute Gasteiger partial charge is 0.469 e. The third-order valence-corrected chi connectivity index (χ3v) is 9.32. The van der Waals surface area contributed by atoms with Gasteiger partial charge in [-0.3, -0.25) is 9.59 Å². The van der Waals surface area contributed by atoms with Crippen LogP contribution < -0.4 is 0 Å². The molecule has 0 aliphatic carbocycles. The van der Waals surface area contributed by atoms with Gasteiger partial charge in [0.05, 0.1) is 50.8 Å². The Morgan fingerprint density at radius 2 is 0.933 bits per heavy atom. The number of esters is 2. The highest BCUT2D eigenvalue weighted by molar-refractivity contribution is 5.69. The fraction of sp³-hybridized carbons (Fsp3) is 0.895. The summed E-state index contributed by atoms with van der Waals surface area (Å²) < 4.78 is 26.5. The van der Waals surface area contributed by atoms with E-state index in [1.54, 1.807) is 0 Å². The van der Waals surface area contributed by atoms with Gasteiger partial charge in [-0.15, -0.1) is 0 Å². The summed E-state index contributed by atoms with van der Waals surface area (Å²) in [5, 5.41) is 0. The summed E-state index contributed by atoms with van der Waals surface area (Å²) >= 11 is 0. The van der Waals surface area contributed by atoms with Crippen molar-refractivity contribution in [3.63, 3.8) is 0 Å². The molecule has 3 saturated heterocycles. The van der Waals surface area contributed by atoms with E-state index in [4.69, 9.17) is 14.2 Å². The molecule has 0 saturated carbocycles. The first-order valence-corrected chi connectivity index (χ1v) is 18.8. The van der Waals surface area contributed by atoms with E-state index < -0.39 is 0 Å². The summed E-state index contributed by atoms with van der Waals surface area (Å²) in [7, 11) is 2.91. The third kappa shape index (κ3) is 21.1. The van der Waals surface area contributed by atoms with E-state index in [2.05, 4.69) is 35.5 Å². The molecule has 6 atom stereocenters. The average Bonchev–Trinajstić information content (AvgIpc) is 3.98. The van der Waals surface area contributed by atoms with Crippen molar-refractivity contribution in [3.8, 4) is 0 Å². The van der Waals surface area contributed by atoms with E-state index in [0.717, 1.165) is 38.5 Å². The van der Waals surface area contributed by atoms with Crippen LogP contribution in [0.3, 0.4) is 0 Å². The molecule has 0 aromatic heterocycles. The van der Waals surface area contributed by atoms with Gasteiger partial charge in [0, 0.05) is 19.3 Å². The van der Waals surface area contributed by atoms with Crippen molar-refractivity contribution >= 4 is 11.9 Å². The summed E-state index contributed by atoms with van der Waals surface area (Å²) in [5.74, 6) is -0.173. The molecular formula is C38H68O7. The quantitative estimate of drug-likeness (QED) is 0.0365. The molecule has 3 heterocycles. The molecule has 3 fully saturated rings. The molecule has 262 valence electrons. The zero-order chi connectivity index (χ0) is 32.5. The van der Waals surface area contributed by atoms with Crippen molar-refractivity contribution in [3.05, 3.63) is 12.2 Å². The van der Waals surface area contributed by atoms with Gasteiger partial charge in [-0.25, -0.2) is 0 Å². The van der Waals surface area contributed by atoms with Crippen LogP contribution >= 0.6 is 0 Å². The fourth-order valence-corrected chi connectivity index (χ4v) is 6.10. The minimum Gasteiger partial charge on any atom is -0.469 e. The number of methoxy groups -OCH3 is 2. The van der Waals surface area contributed by atoms with Gasteiger partial charge in [-0.2, -0.15) is 0 Å². The molecule has 3 aliphatic heterocycles. The number of carbonyl (C=O) groups excluding carboxylic acids is 2. The maximum Gasteiger partial charge on any atom is 0.305 e. The molecule has 0 N–H and O–H groups in total. The zero-order valence-electron chi connectivity index (χ0n) is 29.4. The van der Waals surface area contributed by atoms with Crippen molar-refractivity contribution in [2.75, 3.05) is 14.2 Å². The van der Waals surface area contributed by atoms with Gasteiger partial charge in [0.15, 0.2) is 0 Å². The highest BCUT2D eigenvalue weighted by Gasteiger charge is 2.47. The summed E-state index contributed by atoms with van der Waals surface area (Å²) in [5.41, 5.74) is 0. The summed E-state index contributed by atoms with van der Waals surface area (Å²) in [6, 6.07) is 0. The Morgan fingerprint density at radius 1 is 0.511 bits per heavy atom. The van der Waals surface area contributed by atoms with Gasteiger partial charge < -0.3 is 23.7 Å². The number of hydrogen-bond donors (Lipinski definition) is 0. The lowest BCUT2D eigenvalue weighted by Gasteiger charge is -2.00. The molecule has 6 unspecified atom stereocenters. The number of rotatable bonds is 28. The van der Waals surface area contributed by atoms with Crippen LogP contribution in [0.25, 0.3) is 0 Å². The van der Waals surface area contributed by atoms with Gasteiger partial charge in [0.25, 0.3) is 0 Å². The SMILES string of the molecule is CCCCCC1OC1C/C=C\CCCCCCCC(=O)OC.CCCCCC1OC1CC1OC1CCCCCCCC(=O)OC. The minimum absolute atomic E-state index is 0.0850. The van der Waals surface area contributed by atoms with Gasteiger partial charge >= 0.3 is 11.9 Å². The molecule has 3 rings (SSSR count). The van der Waals surface area contributed by atoms with Gasteiger partial charge in [-0.1, -0.05) is 109 Å². The van der Waals surface area contributed by atoms with Crippen LogP contribution in [0.1, 0.15) is 168 Å². The highest BCUT2D eigenvalue weighted by Crippen LogP contribution is 2.39. The fourth-order valence-electron chi connectivity index (χ4n) is 6.10. The summed E-state index contributed by atoms with van der Waals surface area (Å²) in [6.45, 7) is 4.49. The molecule has 7 heteroatoms. The van der Waals surface area contributed by atoms with Crippen LogP contribution in [0.5, 0.6) is 0 Å². The molecule has 0 spiro atoms. The monoisotopic (exact) mass is 636 g/mol. The smallest absolute Gasteiger partial charge is 0.305 e. The van der Waals surface area contributed by atoms with Crippen LogP contribution in [0.4, 0.5) is 0 Å². The maximum absolute atomic E-state index is 11.0. The number of ether oxygens (including phenoxy) is 5. The lowest BCUT2D eigenvalue weighted by Crippen LogP contribution is -2.02. The first kappa shape index (κ1) is 39.7. The van der Waals surface area contributed by atoms with Crippen LogP contribution in [-0.4, -0.2) is 62.8 Å². The van der Waals surface area contributed by atoms with Gasteiger partial charge in [0.1, 0.15) is 0 Å². The van der Waals surface area contributed by atoms with Crippen LogP contribution in [0, 0.1) is 0 Å². The van der Waals surface area contributed by atoms with Crippen molar-refractivity contribution in [1.82, 2.24) is 0 Å². The van der Waals surface area contributed by atoms with Crippen molar-refractivity contribution in [2.45, 2.75) is 205 Å². The average molecular weight is 637 g/mol. The van der Waals surface area contributed by atoms with Crippen molar-refractivity contribution in [2.24, 2.45) is 0 Å². The van der Waals surface area contributed by atoms with Crippen molar-refractivity contribution < 1.29 is 33.3 Å². The Balaban J connectivity index is 0.000000314. The summed E-state index contributed by atoms with van der Waals surface area (Å²) in [4.78, 5) is 21.9. The topological polar surface area (TPSA) is 90.2 Å². The number of allylic oxidation sites excluding steroid dienone is 1. The van der Waals surface area contributed by atoms with E-state index >= 15 is 0 Å². The van der Waals surface area contributed by atoms with Crippen molar-refractivity contribution in [1.29, 1.82) is 0 Å². The Labute approximate surface area is 275 Å². The second-order valence-corrected chi connectivity index (χ2v) is 13.3. The number of unbranched alkanes of at least 4 members (excludes halogenated alkanes) is 13. The van der Waals surface area contributed by atoms with E-state index in [-0.39, 0.29) is 11.9 Å². The second-order valence-electron chi connectivity index (χ2n) is 13.3. The predicted octanol–water partition coefficient (Wildman–Crippen LogP) is 9.58. The Bertz CT molecular complexity index is 784. The van der Waals surface area contributed by atoms with E-state index in [9.17, 15) is 9.59 Å². The van der Waals surface area contributed by atoms with Crippen LogP contribution in [-0.2, 0) is 33.3 Å². The lowest BCUT2D eigenvalue weighted by atomic mass is 10.0. The molecule has 45 heavy (non-hydrogen) atoms. The van der Waals surface area contributed by atoms with E-state index in [0.29, 0.717) is 49.5 Å². The molecule has 0 amide bonds. The minimum atomic E-state index is -0.0884. The first-order valence-electron chi connectivity index (χ1n) is 18.8. The first-order chi connectivity index (χ1) is 22.0. The normalized spacial score (nSPS) is 24.6. The summed E-state index contributed by atoms with van der Waals surface area (Å²) in [6.07, 6.45) is 35.3. The Hall–Kier alpha value is -1.44. The maximum atomic E-state index is 11.0. The molecule has 3 aliphatic rings. The molecule has 0 radical (unpaired) electrons. The molecule has 7 nitrogen and oxygen atoms in total. The third-order valence-electron chi connectivity index (χ3n) is 9.32. The molecule has 0 aromatic carbocycles. The number of hydrogen-bond acceptors (Lipinski definition) is 7. The standard InChI is InChI=1S/C19H34O4.C19H34O3/c1-3-4-8-11-15-17(22-15)14-18-16(23-18)12-9-6-5-7-10-13-19(20)21-2;1-3-4-11-14-17-18(22-17)15-12-9-7-5-6-8-10-13-16-19(20)21-2/h15-18H,3-14H2,1-2H3;9,12,17-18H,3-8,10-11,13-16H2,1-2H3/b;12-9-. The highest BCUT2D eigenvalue weighted by atomic mass is 16.6. The zero-order valence-corrected chi connectivity index (χ0v) is 29.4. The van der Waals surface area contributed by atoms with Crippen LogP contribution in [0.15, 0.2) is 12.2 Å². The van der Waals surface area contributed by atoms with E-state index in [1.165, 1.54) is 117 Å². The van der Waals surface area contributed by atoms with E-state index in [1.807, 2.05) is 0 Å². The Morgan fingerprint density at radius 3 is 1.44 bits per heavy atom. The number of epoxide rings is 3. The van der Waals surface area contributed by atoms with Crippen LogP contribution in [0.2, 0.25) is 0 Å².